The quantitative estimate of drug-likeness (QED) is 0.640. The average Bonchev–Trinajstić information content (AvgIpc) is 2.29. The summed E-state index contributed by atoms with van der Waals surface area (Å²) in [6.07, 6.45) is 0. The fourth-order valence-electron chi connectivity index (χ4n) is 1.84. The van der Waals surface area contributed by atoms with Crippen LogP contribution in [0.25, 0.3) is 0 Å². The van der Waals surface area contributed by atoms with Crippen molar-refractivity contribution in [1.29, 1.82) is 0 Å². The fourth-order valence-corrected chi connectivity index (χ4v) is 1.84. The summed E-state index contributed by atoms with van der Waals surface area (Å²) in [4.78, 5) is 21.7. The van der Waals surface area contributed by atoms with Crippen molar-refractivity contribution in [3.63, 3.8) is 0 Å². The normalized spacial score (nSPS) is 16.5. The standard InChI is InChI=1S/C12H14FN3O3/c1-7(8-5-14-6-8)12(17)15-11-3-2-9(16(18)19)4-10(11)13/h2-4,7-8,14H,5-6H2,1H3,(H,15,17). The van der Waals surface area contributed by atoms with Crippen LogP contribution >= 0.6 is 0 Å². The number of nitrogens with zero attached hydrogens (tertiary/aromatic N) is 1. The Labute approximate surface area is 109 Å². The molecule has 19 heavy (non-hydrogen) atoms. The van der Waals surface area contributed by atoms with Gasteiger partial charge in [0, 0.05) is 12.0 Å². The van der Waals surface area contributed by atoms with Gasteiger partial charge in [-0.25, -0.2) is 4.39 Å². The molecule has 1 aliphatic heterocycles. The summed E-state index contributed by atoms with van der Waals surface area (Å²) >= 11 is 0. The number of carbonyl (C=O) groups excluding carboxylic acids is 1. The lowest BCUT2D eigenvalue weighted by Crippen LogP contribution is -2.48. The lowest BCUT2D eigenvalue weighted by atomic mass is 9.88. The van der Waals surface area contributed by atoms with Gasteiger partial charge in [0.15, 0.2) is 5.82 Å². The molecule has 0 saturated carbocycles. The monoisotopic (exact) mass is 267 g/mol. The van der Waals surface area contributed by atoms with Gasteiger partial charge in [-0.2, -0.15) is 0 Å². The molecular formula is C12H14FN3O3. The first-order chi connectivity index (χ1) is 8.99. The molecule has 1 saturated heterocycles. The Morgan fingerprint density at radius 1 is 1.58 bits per heavy atom. The van der Waals surface area contributed by atoms with Gasteiger partial charge in [-0.05, 0) is 25.1 Å². The van der Waals surface area contributed by atoms with Crippen LogP contribution in [-0.2, 0) is 4.79 Å². The van der Waals surface area contributed by atoms with E-state index in [2.05, 4.69) is 10.6 Å². The zero-order valence-electron chi connectivity index (χ0n) is 10.4. The first-order valence-corrected chi connectivity index (χ1v) is 5.94. The molecule has 1 unspecified atom stereocenters. The molecule has 0 aliphatic carbocycles. The maximum atomic E-state index is 13.6. The summed E-state index contributed by atoms with van der Waals surface area (Å²) in [5.41, 5.74) is -0.374. The van der Waals surface area contributed by atoms with Crippen LogP contribution in [0.1, 0.15) is 6.92 Å². The molecule has 0 aromatic heterocycles. The zero-order chi connectivity index (χ0) is 14.0. The van der Waals surface area contributed by atoms with Gasteiger partial charge in [-0.1, -0.05) is 6.92 Å². The molecule has 6 nitrogen and oxygen atoms in total. The number of hydrogen-bond donors (Lipinski definition) is 2. The van der Waals surface area contributed by atoms with E-state index in [0.29, 0.717) is 0 Å². The molecule has 1 aromatic rings. The van der Waals surface area contributed by atoms with E-state index in [0.717, 1.165) is 25.2 Å². The number of amides is 1. The van der Waals surface area contributed by atoms with Crippen LogP contribution in [-0.4, -0.2) is 23.9 Å². The van der Waals surface area contributed by atoms with Crippen molar-refractivity contribution in [2.45, 2.75) is 6.92 Å². The molecule has 7 heteroatoms. The minimum absolute atomic E-state index is 0.0327. The molecule has 2 rings (SSSR count). The number of anilines is 1. The lowest BCUT2D eigenvalue weighted by molar-refractivity contribution is -0.385. The summed E-state index contributed by atoms with van der Waals surface area (Å²) in [6.45, 7) is 3.33. The third-order valence-corrected chi connectivity index (χ3v) is 3.36. The molecule has 1 aromatic carbocycles. The molecule has 0 bridgehead atoms. The highest BCUT2D eigenvalue weighted by molar-refractivity contribution is 5.92. The minimum atomic E-state index is -0.804. The highest BCUT2D eigenvalue weighted by Crippen LogP contribution is 2.23. The van der Waals surface area contributed by atoms with Crippen LogP contribution in [0.2, 0.25) is 0 Å². The summed E-state index contributed by atoms with van der Waals surface area (Å²) in [6, 6.07) is 3.16. The van der Waals surface area contributed by atoms with E-state index in [1.807, 2.05) is 0 Å². The Bertz CT molecular complexity index is 517. The minimum Gasteiger partial charge on any atom is -0.323 e. The van der Waals surface area contributed by atoms with Crippen LogP contribution in [0.3, 0.4) is 0 Å². The molecule has 0 spiro atoms. The van der Waals surface area contributed by atoms with Crippen LogP contribution in [0.15, 0.2) is 18.2 Å². The Morgan fingerprint density at radius 2 is 2.26 bits per heavy atom. The molecule has 1 aliphatic rings. The van der Waals surface area contributed by atoms with Crippen molar-refractivity contribution in [1.82, 2.24) is 5.32 Å². The number of non-ortho nitro benzene ring substituents is 1. The van der Waals surface area contributed by atoms with Crippen molar-refractivity contribution in [2.24, 2.45) is 11.8 Å². The van der Waals surface area contributed by atoms with Crippen molar-refractivity contribution in [2.75, 3.05) is 18.4 Å². The lowest BCUT2D eigenvalue weighted by Gasteiger charge is -2.31. The van der Waals surface area contributed by atoms with E-state index >= 15 is 0 Å². The number of nitro benzene ring substituents is 1. The van der Waals surface area contributed by atoms with E-state index in [9.17, 15) is 19.3 Å². The Balaban J connectivity index is 2.06. The molecule has 0 radical (unpaired) electrons. The van der Waals surface area contributed by atoms with E-state index in [1.165, 1.54) is 6.07 Å². The number of carbonyl (C=O) groups is 1. The smallest absolute Gasteiger partial charge is 0.272 e. The van der Waals surface area contributed by atoms with Gasteiger partial charge in [0.25, 0.3) is 5.69 Å². The van der Waals surface area contributed by atoms with Crippen LogP contribution in [0, 0.1) is 27.8 Å². The molecular weight excluding hydrogens is 253 g/mol. The Kier molecular flexibility index (Phi) is 3.75. The second-order valence-corrected chi connectivity index (χ2v) is 4.62. The van der Waals surface area contributed by atoms with Crippen LogP contribution < -0.4 is 10.6 Å². The summed E-state index contributed by atoms with van der Waals surface area (Å²) in [5, 5.41) is 16.0. The summed E-state index contributed by atoms with van der Waals surface area (Å²) in [5.74, 6) is -1.06. The average molecular weight is 267 g/mol. The van der Waals surface area contributed by atoms with Crippen LogP contribution in [0.4, 0.5) is 15.8 Å². The van der Waals surface area contributed by atoms with Gasteiger partial charge in [-0.3, -0.25) is 14.9 Å². The second-order valence-electron chi connectivity index (χ2n) is 4.62. The second kappa shape index (κ2) is 5.31. The van der Waals surface area contributed by atoms with Gasteiger partial charge in [0.05, 0.1) is 16.7 Å². The third-order valence-electron chi connectivity index (χ3n) is 3.36. The predicted molar refractivity (Wildman–Crippen MR) is 67.2 cm³/mol. The van der Waals surface area contributed by atoms with Gasteiger partial charge in [0.2, 0.25) is 5.91 Å². The Hall–Kier alpha value is -2.02. The van der Waals surface area contributed by atoms with Crippen molar-refractivity contribution >= 4 is 17.3 Å². The van der Waals surface area contributed by atoms with Gasteiger partial charge in [-0.15, -0.1) is 0 Å². The van der Waals surface area contributed by atoms with Gasteiger partial charge < -0.3 is 10.6 Å². The number of nitrogens with one attached hydrogen (secondary N) is 2. The largest absolute Gasteiger partial charge is 0.323 e. The highest BCUT2D eigenvalue weighted by atomic mass is 19.1. The van der Waals surface area contributed by atoms with E-state index in [-0.39, 0.29) is 29.1 Å². The van der Waals surface area contributed by atoms with Crippen molar-refractivity contribution in [3.05, 3.63) is 34.1 Å². The summed E-state index contributed by atoms with van der Waals surface area (Å²) < 4.78 is 13.6. The summed E-state index contributed by atoms with van der Waals surface area (Å²) in [7, 11) is 0. The first kappa shape index (κ1) is 13.4. The van der Waals surface area contributed by atoms with E-state index in [4.69, 9.17) is 0 Å². The molecule has 1 amide bonds. The third kappa shape index (κ3) is 2.87. The highest BCUT2D eigenvalue weighted by Gasteiger charge is 2.29. The molecule has 1 heterocycles. The van der Waals surface area contributed by atoms with E-state index in [1.54, 1.807) is 6.92 Å². The Morgan fingerprint density at radius 3 is 2.74 bits per heavy atom. The van der Waals surface area contributed by atoms with Gasteiger partial charge >= 0.3 is 0 Å². The van der Waals surface area contributed by atoms with Crippen molar-refractivity contribution < 1.29 is 14.1 Å². The van der Waals surface area contributed by atoms with Crippen LogP contribution in [0.5, 0.6) is 0 Å². The fraction of sp³-hybridized carbons (Fsp3) is 0.417. The first-order valence-electron chi connectivity index (χ1n) is 5.94. The maximum Gasteiger partial charge on any atom is 0.272 e. The number of rotatable bonds is 4. The maximum absolute atomic E-state index is 13.6. The predicted octanol–water partition coefficient (Wildman–Crippen LogP) is 1.53. The molecule has 1 atom stereocenters. The van der Waals surface area contributed by atoms with Gasteiger partial charge in [0.1, 0.15) is 0 Å². The number of nitro groups is 1. The van der Waals surface area contributed by atoms with E-state index < -0.39 is 10.7 Å². The number of hydrogen-bond acceptors (Lipinski definition) is 4. The van der Waals surface area contributed by atoms with Crippen molar-refractivity contribution in [3.8, 4) is 0 Å². The zero-order valence-corrected chi connectivity index (χ0v) is 10.4. The molecule has 102 valence electrons. The molecule has 2 N–H and O–H groups in total. The SMILES string of the molecule is CC(C(=O)Nc1ccc([N+](=O)[O-])cc1F)C1CNC1. The number of halogens is 1. The molecule has 1 fully saturated rings. The topological polar surface area (TPSA) is 84.3 Å². The number of benzene rings is 1.